The molecule has 2 rings (SSSR count). The topological polar surface area (TPSA) is 44.5 Å². The molecule has 0 aliphatic carbocycles. The Bertz CT molecular complexity index is 581. The summed E-state index contributed by atoms with van der Waals surface area (Å²) >= 11 is 0. The molecule has 0 aliphatic rings. The minimum atomic E-state index is -0.202. The van der Waals surface area contributed by atoms with Crippen LogP contribution in [0.3, 0.4) is 0 Å². The highest BCUT2D eigenvalue weighted by molar-refractivity contribution is 5.44. The minimum Gasteiger partial charge on any atom is -0.490 e. The van der Waals surface area contributed by atoms with Crippen molar-refractivity contribution in [2.45, 2.75) is 19.6 Å². The van der Waals surface area contributed by atoms with Crippen molar-refractivity contribution in [2.24, 2.45) is 5.73 Å². The predicted molar refractivity (Wildman–Crippen MR) is 85.5 cm³/mol. The first-order valence-corrected chi connectivity index (χ1v) is 7.06. The molecule has 0 fully saturated rings. The Morgan fingerprint density at radius 3 is 2.52 bits per heavy atom. The van der Waals surface area contributed by atoms with Gasteiger partial charge in [-0.05, 0) is 30.2 Å². The van der Waals surface area contributed by atoms with Gasteiger partial charge in [0.05, 0.1) is 6.61 Å². The second kappa shape index (κ2) is 7.50. The molecular formula is C18H21NO2. The molecule has 2 aromatic carbocycles. The van der Waals surface area contributed by atoms with E-state index in [-0.39, 0.29) is 6.04 Å². The van der Waals surface area contributed by atoms with Crippen LogP contribution in [0.5, 0.6) is 11.5 Å². The van der Waals surface area contributed by atoms with Crippen molar-refractivity contribution < 1.29 is 9.47 Å². The van der Waals surface area contributed by atoms with Crippen molar-refractivity contribution in [3.63, 3.8) is 0 Å². The summed E-state index contributed by atoms with van der Waals surface area (Å²) < 4.78 is 11.5. The van der Waals surface area contributed by atoms with Crippen molar-refractivity contribution in [1.29, 1.82) is 0 Å². The van der Waals surface area contributed by atoms with Gasteiger partial charge in [0.25, 0.3) is 0 Å². The standard InChI is InChI=1S/C18H21NO2/c1-3-16(19)15-10-11-17(18(12-15)20-4-2)21-13-14-8-6-5-7-9-14/h3,5-12,16H,1,4,13,19H2,2H3/t16-/m1/s1. The first-order chi connectivity index (χ1) is 10.2. The van der Waals surface area contributed by atoms with Gasteiger partial charge in [0, 0.05) is 6.04 Å². The summed E-state index contributed by atoms with van der Waals surface area (Å²) in [4.78, 5) is 0. The number of benzene rings is 2. The van der Waals surface area contributed by atoms with Gasteiger partial charge in [-0.1, -0.05) is 42.5 Å². The van der Waals surface area contributed by atoms with Crippen molar-refractivity contribution in [3.8, 4) is 11.5 Å². The van der Waals surface area contributed by atoms with E-state index in [9.17, 15) is 0 Å². The molecule has 110 valence electrons. The molecule has 21 heavy (non-hydrogen) atoms. The van der Waals surface area contributed by atoms with E-state index in [1.54, 1.807) is 6.08 Å². The fourth-order valence-electron chi connectivity index (χ4n) is 1.99. The van der Waals surface area contributed by atoms with Gasteiger partial charge < -0.3 is 15.2 Å². The molecule has 0 radical (unpaired) electrons. The van der Waals surface area contributed by atoms with Gasteiger partial charge in [0.2, 0.25) is 0 Å². The maximum Gasteiger partial charge on any atom is 0.161 e. The molecule has 0 aromatic heterocycles. The molecule has 3 nitrogen and oxygen atoms in total. The average molecular weight is 283 g/mol. The number of nitrogens with two attached hydrogens (primary N) is 1. The van der Waals surface area contributed by atoms with E-state index in [0.29, 0.717) is 19.0 Å². The van der Waals surface area contributed by atoms with E-state index < -0.39 is 0 Å². The molecule has 0 unspecified atom stereocenters. The van der Waals surface area contributed by atoms with Crippen molar-refractivity contribution >= 4 is 0 Å². The number of ether oxygens (including phenoxy) is 2. The molecule has 0 spiro atoms. The Kier molecular flexibility index (Phi) is 5.41. The Morgan fingerprint density at radius 1 is 1.10 bits per heavy atom. The maximum atomic E-state index is 5.96. The molecule has 2 aromatic rings. The van der Waals surface area contributed by atoms with Crippen LogP contribution >= 0.6 is 0 Å². The van der Waals surface area contributed by atoms with Crippen LogP contribution in [0.2, 0.25) is 0 Å². The summed E-state index contributed by atoms with van der Waals surface area (Å²) in [5.41, 5.74) is 8.04. The normalized spacial score (nSPS) is 11.7. The van der Waals surface area contributed by atoms with Crippen LogP contribution in [0.25, 0.3) is 0 Å². The summed E-state index contributed by atoms with van der Waals surface area (Å²) in [6.07, 6.45) is 1.70. The molecule has 0 saturated heterocycles. The van der Waals surface area contributed by atoms with Crippen LogP contribution in [-0.4, -0.2) is 6.61 Å². The van der Waals surface area contributed by atoms with Crippen molar-refractivity contribution in [3.05, 3.63) is 72.3 Å². The second-order valence-corrected chi connectivity index (χ2v) is 4.67. The Labute approximate surface area is 126 Å². The first-order valence-electron chi connectivity index (χ1n) is 7.06. The van der Waals surface area contributed by atoms with E-state index >= 15 is 0 Å². The van der Waals surface area contributed by atoms with E-state index in [1.807, 2.05) is 55.5 Å². The summed E-state index contributed by atoms with van der Waals surface area (Å²) in [5, 5.41) is 0. The third-order valence-electron chi connectivity index (χ3n) is 3.14. The molecule has 2 N–H and O–H groups in total. The Hall–Kier alpha value is -2.26. The van der Waals surface area contributed by atoms with Gasteiger partial charge in [-0.15, -0.1) is 6.58 Å². The average Bonchev–Trinajstić information content (AvgIpc) is 2.54. The first kappa shape index (κ1) is 15.1. The van der Waals surface area contributed by atoms with Crippen LogP contribution in [0.4, 0.5) is 0 Å². The maximum absolute atomic E-state index is 5.96. The van der Waals surface area contributed by atoms with Crippen LogP contribution in [0, 0.1) is 0 Å². The third kappa shape index (κ3) is 4.10. The molecular weight excluding hydrogens is 262 g/mol. The molecule has 0 bridgehead atoms. The molecule has 0 aliphatic heterocycles. The summed E-state index contributed by atoms with van der Waals surface area (Å²) in [7, 11) is 0. The van der Waals surface area contributed by atoms with E-state index in [1.165, 1.54) is 0 Å². The lowest BCUT2D eigenvalue weighted by Crippen LogP contribution is -2.07. The van der Waals surface area contributed by atoms with E-state index in [0.717, 1.165) is 16.9 Å². The van der Waals surface area contributed by atoms with Crippen LogP contribution in [0.1, 0.15) is 24.1 Å². The van der Waals surface area contributed by atoms with Gasteiger partial charge in [0.15, 0.2) is 11.5 Å². The lowest BCUT2D eigenvalue weighted by Gasteiger charge is -2.15. The Balaban J connectivity index is 2.16. The van der Waals surface area contributed by atoms with E-state index in [4.69, 9.17) is 15.2 Å². The molecule has 3 heteroatoms. The van der Waals surface area contributed by atoms with Gasteiger partial charge in [-0.3, -0.25) is 0 Å². The van der Waals surface area contributed by atoms with Crippen molar-refractivity contribution in [1.82, 2.24) is 0 Å². The molecule has 0 amide bonds. The van der Waals surface area contributed by atoms with Crippen LogP contribution in [0.15, 0.2) is 61.2 Å². The lowest BCUT2D eigenvalue weighted by molar-refractivity contribution is 0.269. The SMILES string of the molecule is C=C[C@@H](N)c1ccc(OCc2ccccc2)c(OCC)c1. The van der Waals surface area contributed by atoms with Gasteiger partial charge in [-0.2, -0.15) is 0 Å². The van der Waals surface area contributed by atoms with Crippen molar-refractivity contribution in [2.75, 3.05) is 6.61 Å². The number of rotatable bonds is 7. The monoisotopic (exact) mass is 283 g/mol. The highest BCUT2D eigenvalue weighted by atomic mass is 16.5. The fourth-order valence-corrected chi connectivity index (χ4v) is 1.99. The summed E-state index contributed by atoms with van der Waals surface area (Å²) in [6, 6.07) is 15.6. The highest BCUT2D eigenvalue weighted by Gasteiger charge is 2.09. The lowest BCUT2D eigenvalue weighted by atomic mass is 10.1. The van der Waals surface area contributed by atoms with Gasteiger partial charge in [-0.25, -0.2) is 0 Å². The summed E-state index contributed by atoms with van der Waals surface area (Å²) in [5.74, 6) is 1.43. The van der Waals surface area contributed by atoms with Crippen LogP contribution in [-0.2, 0) is 6.61 Å². The Morgan fingerprint density at radius 2 is 1.86 bits per heavy atom. The summed E-state index contributed by atoms with van der Waals surface area (Å²) in [6.45, 7) is 6.75. The largest absolute Gasteiger partial charge is 0.490 e. The zero-order valence-electron chi connectivity index (χ0n) is 12.3. The zero-order chi connectivity index (χ0) is 15.1. The zero-order valence-corrected chi connectivity index (χ0v) is 12.3. The predicted octanol–water partition coefficient (Wildman–Crippen LogP) is 3.85. The molecule has 0 saturated carbocycles. The number of hydrogen-bond donors (Lipinski definition) is 1. The smallest absolute Gasteiger partial charge is 0.161 e. The third-order valence-corrected chi connectivity index (χ3v) is 3.14. The molecule has 0 heterocycles. The number of hydrogen-bond acceptors (Lipinski definition) is 3. The fraction of sp³-hybridized carbons (Fsp3) is 0.222. The minimum absolute atomic E-state index is 0.202. The van der Waals surface area contributed by atoms with Crippen LogP contribution < -0.4 is 15.2 Å². The second-order valence-electron chi connectivity index (χ2n) is 4.67. The highest BCUT2D eigenvalue weighted by Crippen LogP contribution is 2.31. The van der Waals surface area contributed by atoms with Gasteiger partial charge in [0.1, 0.15) is 6.61 Å². The van der Waals surface area contributed by atoms with Gasteiger partial charge >= 0.3 is 0 Å². The molecule has 1 atom stereocenters. The van der Waals surface area contributed by atoms with E-state index in [2.05, 4.69) is 6.58 Å². The quantitative estimate of drug-likeness (QED) is 0.785.